The van der Waals surface area contributed by atoms with E-state index in [1.807, 2.05) is 91.9 Å². The molecule has 0 saturated carbocycles. The smallest absolute Gasteiger partial charge is 0.130 e. The highest BCUT2D eigenvalue weighted by Crippen LogP contribution is 2.21. The van der Waals surface area contributed by atoms with Crippen LogP contribution in [0.5, 0.6) is 0 Å². The molecule has 3 nitrogen and oxygen atoms in total. The van der Waals surface area contributed by atoms with Gasteiger partial charge in [-0.05, 0) is 68.0 Å². The SMILES string of the molecule is C=C(/C=C/c1c(C)[nH]c2c1=CC(C)(F)CC=2)Nc1cccc(/C=C/c2ccc3ccc(Cl)cc3n2)c1. The maximum Gasteiger partial charge on any atom is 0.130 e. The first-order valence-corrected chi connectivity index (χ1v) is 12.2. The van der Waals surface area contributed by atoms with Crippen molar-refractivity contribution >= 4 is 58.6 Å². The molecule has 36 heavy (non-hydrogen) atoms. The van der Waals surface area contributed by atoms with Gasteiger partial charge in [-0.25, -0.2) is 9.37 Å². The van der Waals surface area contributed by atoms with Crippen LogP contribution in [0.25, 0.3) is 41.3 Å². The third-order valence-corrected chi connectivity index (χ3v) is 6.46. The lowest BCUT2D eigenvalue weighted by atomic mass is 9.97. The van der Waals surface area contributed by atoms with E-state index in [9.17, 15) is 4.39 Å². The molecule has 2 aromatic carbocycles. The second-order valence-corrected chi connectivity index (χ2v) is 9.77. The van der Waals surface area contributed by atoms with E-state index in [2.05, 4.69) is 21.9 Å². The van der Waals surface area contributed by atoms with E-state index in [1.54, 1.807) is 13.0 Å². The van der Waals surface area contributed by atoms with Crippen LogP contribution in [0.15, 0.2) is 72.9 Å². The van der Waals surface area contributed by atoms with Crippen molar-refractivity contribution in [2.45, 2.75) is 25.9 Å². The lowest BCUT2D eigenvalue weighted by molar-refractivity contribution is 0.286. The molecule has 2 heterocycles. The van der Waals surface area contributed by atoms with E-state index in [-0.39, 0.29) is 0 Å². The number of aromatic amines is 1. The van der Waals surface area contributed by atoms with Gasteiger partial charge in [-0.1, -0.05) is 60.7 Å². The normalized spacial score (nSPS) is 17.2. The van der Waals surface area contributed by atoms with Crippen LogP contribution in [0.3, 0.4) is 0 Å². The van der Waals surface area contributed by atoms with Crippen molar-refractivity contribution in [1.82, 2.24) is 9.97 Å². The number of fused-ring (bicyclic) bond motifs is 2. The summed E-state index contributed by atoms with van der Waals surface area (Å²) in [6.45, 7) is 7.75. The van der Waals surface area contributed by atoms with E-state index < -0.39 is 5.67 Å². The molecule has 1 aliphatic rings. The molecule has 0 bridgehead atoms. The maximum absolute atomic E-state index is 14.5. The summed E-state index contributed by atoms with van der Waals surface area (Å²) in [4.78, 5) is 8.03. The molecule has 0 fully saturated rings. The zero-order valence-corrected chi connectivity index (χ0v) is 21.0. The Morgan fingerprint density at radius 2 is 1.97 bits per heavy atom. The number of benzene rings is 2. The summed E-state index contributed by atoms with van der Waals surface area (Å²) in [5, 5.41) is 6.95. The van der Waals surface area contributed by atoms with Gasteiger partial charge in [0.2, 0.25) is 0 Å². The predicted molar refractivity (Wildman–Crippen MR) is 152 cm³/mol. The molecule has 1 atom stereocenters. The second-order valence-electron chi connectivity index (χ2n) is 9.34. The van der Waals surface area contributed by atoms with Crippen LogP contribution in [0, 0.1) is 6.92 Å². The molecule has 2 aromatic heterocycles. The van der Waals surface area contributed by atoms with Crippen LogP contribution in [-0.4, -0.2) is 15.6 Å². The van der Waals surface area contributed by atoms with Gasteiger partial charge in [0, 0.05) is 50.0 Å². The molecule has 5 heteroatoms. The molecular weight excluding hydrogens is 469 g/mol. The van der Waals surface area contributed by atoms with E-state index in [4.69, 9.17) is 11.6 Å². The number of hydrogen-bond acceptors (Lipinski definition) is 2. The third kappa shape index (κ3) is 5.34. The fourth-order valence-electron chi connectivity index (χ4n) is 4.39. The standard InChI is InChI=1S/C31H27ClFN3/c1-20(7-14-27-21(2)35-29-15-16-31(3,33)19-28(27)29)34-26-6-4-5-22(17-26)8-12-25-13-10-23-9-11-24(32)18-30(23)36-25/h4-15,17-19,34-35H,1,16H2,2-3H3/b12-8+,14-7+. The molecule has 2 N–H and O–H groups in total. The molecule has 4 aromatic rings. The first-order chi connectivity index (χ1) is 17.3. The van der Waals surface area contributed by atoms with Crippen molar-refractivity contribution in [2.24, 2.45) is 0 Å². The van der Waals surface area contributed by atoms with Gasteiger partial charge in [0.15, 0.2) is 0 Å². The van der Waals surface area contributed by atoms with Crippen molar-refractivity contribution in [3.05, 3.63) is 111 Å². The summed E-state index contributed by atoms with van der Waals surface area (Å²) in [7, 11) is 0. The summed E-state index contributed by atoms with van der Waals surface area (Å²) in [5.41, 5.74) is 5.08. The van der Waals surface area contributed by atoms with Crippen LogP contribution in [0.4, 0.5) is 10.1 Å². The molecule has 0 aliphatic heterocycles. The van der Waals surface area contributed by atoms with Crippen molar-refractivity contribution < 1.29 is 4.39 Å². The highest BCUT2D eigenvalue weighted by Gasteiger charge is 2.22. The van der Waals surface area contributed by atoms with E-state index >= 15 is 0 Å². The number of aromatic nitrogens is 2. The van der Waals surface area contributed by atoms with Crippen molar-refractivity contribution in [1.29, 1.82) is 0 Å². The molecule has 1 aliphatic carbocycles. The van der Waals surface area contributed by atoms with Gasteiger partial charge in [0.05, 0.1) is 11.2 Å². The van der Waals surface area contributed by atoms with E-state index in [0.717, 1.165) is 55.4 Å². The minimum atomic E-state index is -1.33. The largest absolute Gasteiger partial charge is 0.358 e. The first kappa shape index (κ1) is 23.8. The fraction of sp³-hybridized carbons (Fsp3) is 0.129. The zero-order chi connectivity index (χ0) is 25.3. The number of pyridine rings is 1. The Labute approximate surface area is 215 Å². The van der Waals surface area contributed by atoms with Gasteiger partial charge in [0.25, 0.3) is 0 Å². The Balaban J connectivity index is 1.30. The number of halogens is 2. The van der Waals surface area contributed by atoms with Gasteiger partial charge >= 0.3 is 0 Å². The Hall–Kier alpha value is -3.89. The summed E-state index contributed by atoms with van der Waals surface area (Å²) >= 11 is 6.11. The van der Waals surface area contributed by atoms with Gasteiger partial charge in [-0.15, -0.1) is 0 Å². The summed E-state index contributed by atoms with van der Waals surface area (Å²) < 4.78 is 14.5. The minimum Gasteiger partial charge on any atom is -0.358 e. The van der Waals surface area contributed by atoms with Gasteiger partial charge in [0.1, 0.15) is 5.67 Å². The van der Waals surface area contributed by atoms with Crippen LogP contribution < -0.4 is 15.9 Å². The highest BCUT2D eigenvalue weighted by atomic mass is 35.5. The van der Waals surface area contributed by atoms with Crippen LogP contribution in [0.2, 0.25) is 5.02 Å². The van der Waals surface area contributed by atoms with Crippen LogP contribution in [0.1, 0.15) is 35.9 Å². The Kier molecular flexibility index (Phi) is 6.38. The summed E-state index contributed by atoms with van der Waals surface area (Å²) in [5.74, 6) is 0. The number of allylic oxidation sites excluding steroid dienone is 1. The van der Waals surface area contributed by atoms with Gasteiger partial charge < -0.3 is 10.3 Å². The van der Waals surface area contributed by atoms with E-state index in [0.29, 0.717) is 11.4 Å². The molecule has 0 radical (unpaired) electrons. The summed E-state index contributed by atoms with van der Waals surface area (Å²) in [6.07, 6.45) is 11.9. The molecule has 0 spiro atoms. The Morgan fingerprint density at radius 3 is 2.83 bits per heavy atom. The number of nitrogens with zero attached hydrogens (tertiary/aromatic N) is 1. The van der Waals surface area contributed by atoms with Crippen LogP contribution in [-0.2, 0) is 0 Å². The van der Waals surface area contributed by atoms with Crippen LogP contribution >= 0.6 is 11.6 Å². The van der Waals surface area contributed by atoms with Gasteiger partial charge in [-0.2, -0.15) is 0 Å². The maximum atomic E-state index is 14.5. The number of hydrogen-bond donors (Lipinski definition) is 2. The number of nitrogens with one attached hydrogen (secondary N) is 2. The molecule has 1 unspecified atom stereocenters. The molecule has 5 rings (SSSR count). The Morgan fingerprint density at radius 1 is 1.14 bits per heavy atom. The number of aryl methyl sites for hydroxylation is 1. The lowest BCUT2D eigenvalue weighted by Crippen LogP contribution is -2.33. The number of H-pyrrole nitrogens is 1. The Bertz CT molecular complexity index is 1660. The average molecular weight is 496 g/mol. The third-order valence-electron chi connectivity index (χ3n) is 6.22. The second kappa shape index (κ2) is 9.63. The molecule has 180 valence electrons. The summed E-state index contributed by atoms with van der Waals surface area (Å²) in [6, 6.07) is 17.8. The lowest BCUT2D eigenvalue weighted by Gasteiger charge is -2.15. The minimum absolute atomic E-state index is 0.382. The highest BCUT2D eigenvalue weighted by molar-refractivity contribution is 6.31. The van der Waals surface area contributed by atoms with Crippen molar-refractivity contribution in [2.75, 3.05) is 5.32 Å². The predicted octanol–water partition coefficient (Wildman–Crippen LogP) is 7.03. The fourth-order valence-corrected chi connectivity index (χ4v) is 4.55. The number of rotatable bonds is 6. The average Bonchev–Trinajstić information content (AvgIpc) is 3.14. The van der Waals surface area contributed by atoms with Crippen molar-refractivity contribution in [3.63, 3.8) is 0 Å². The van der Waals surface area contributed by atoms with Crippen molar-refractivity contribution in [3.8, 4) is 0 Å². The first-order valence-electron chi connectivity index (χ1n) is 11.8. The quantitative estimate of drug-likeness (QED) is 0.282. The number of alkyl halides is 1. The number of anilines is 1. The zero-order valence-electron chi connectivity index (χ0n) is 20.3. The van der Waals surface area contributed by atoms with Gasteiger partial charge in [-0.3, -0.25) is 0 Å². The monoisotopic (exact) mass is 495 g/mol. The van der Waals surface area contributed by atoms with E-state index in [1.165, 1.54) is 0 Å². The topological polar surface area (TPSA) is 40.7 Å². The molecular formula is C31H27ClFN3. The molecule has 0 saturated heterocycles. The molecule has 0 amide bonds.